The number of nitrogens with zero attached hydrogens (tertiary/aromatic N) is 5. The molecule has 0 spiro atoms. The van der Waals surface area contributed by atoms with Gasteiger partial charge < -0.3 is 15.5 Å². The van der Waals surface area contributed by atoms with Gasteiger partial charge in [-0.05, 0) is 64.0 Å². The number of hydrogen-bond donors (Lipinski definition) is 2. The molecule has 5 rings (SSSR count). The van der Waals surface area contributed by atoms with Crippen LogP contribution in [0, 0.1) is 0 Å². The number of imidazole rings is 1. The van der Waals surface area contributed by atoms with Crippen LogP contribution >= 0.6 is 11.6 Å². The van der Waals surface area contributed by atoms with E-state index in [2.05, 4.69) is 32.5 Å². The van der Waals surface area contributed by atoms with Crippen LogP contribution in [0.5, 0.6) is 0 Å². The average molecular weight is 484 g/mol. The lowest BCUT2D eigenvalue weighted by molar-refractivity contribution is 0.0917. The summed E-state index contributed by atoms with van der Waals surface area (Å²) in [5.41, 5.74) is 2.38. The summed E-state index contributed by atoms with van der Waals surface area (Å²) in [5, 5.41) is 6.66. The zero-order chi connectivity index (χ0) is 23.8. The van der Waals surface area contributed by atoms with Crippen molar-refractivity contribution in [3.8, 4) is 0 Å². The minimum Gasteiger partial charge on any atom is -0.349 e. The Morgan fingerprint density at radius 2 is 1.85 bits per heavy atom. The summed E-state index contributed by atoms with van der Waals surface area (Å²) in [6.07, 6.45) is 7.77. The van der Waals surface area contributed by atoms with Crippen molar-refractivity contribution in [2.75, 3.05) is 25.5 Å². The van der Waals surface area contributed by atoms with E-state index < -0.39 is 0 Å². The van der Waals surface area contributed by atoms with Crippen molar-refractivity contribution in [1.29, 1.82) is 0 Å². The molecule has 1 saturated heterocycles. The van der Waals surface area contributed by atoms with E-state index in [-0.39, 0.29) is 23.7 Å². The third kappa shape index (κ3) is 4.42. The number of carbonyl (C=O) groups is 1. The van der Waals surface area contributed by atoms with Crippen molar-refractivity contribution in [2.24, 2.45) is 7.05 Å². The van der Waals surface area contributed by atoms with Gasteiger partial charge in [-0.15, -0.1) is 0 Å². The van der Waals surface area contributed by atoms with Crippen LogP contribution in [0.1, 0.15) is 54.9 Å². The molecule has 1 aliphatic heterocycles. The summed E-state index contributed by atoms with van der Waals surface area (Å²) in [7, 11) is 3.84. The first kappa shape index (κ1) is 22.9. The molecule has 0 bridgehead atoms. The van der Waals surface area contributed by atoms with E-state index in [9.17, 15) is 9.59 Å². The number of hydrogen-bond acceptors (Lipinski definition) is 6. The second kappa shape index (κ2) is 9.38. The Labute approximate surface area is 203 Å². The Bertz CT molecular complexity index is 1270. The molecule has 2 N–H and O–H groups in total. The zero-order valence-electron chi connectivity index (χ0n) is 19.6. The van der Waals surface area contributed by atoms with E-state index in [1.807, 2.05) is 0 Å². The highest BCUT2D eigenvalue weighted by Gasteiger charge is 2.24. The molecule has 2 aromatic heterocycles. The fourth-order valence-corrected chi connectivity index (χ4v) is 5.22. The number of anilines is 2. The molecule has 1 amide bonds. The van der Waals surface area contributed by atoms with Gasteiger partial charge in [0.25, 0.3) is 5.91 Å². The normalized spacial score (nSPS) is 18.0. The van der Waals surface area contributed by atoms with Crippen molar-refractivity contribution >= 4 is 40.3 Å². The quantitative estimate of drug-likeness (QED) is 0.576. The first-order valence-electron chi connectivity index (χ1n) is 11.9. The number of amides is 1. The van der Waals surface area contributed by atoms with Crippen LogP contribution in [0.2, 0.25) is 5.02 Å². The van der Waals surface area contributed by atoms with Crippen LogP contribution in [0.3, 0.4) is 0 Å². The van der Waals surface area contributed by atoms with E-state index in [1.165, 1.54) is 0 Å². The Hall–Kier alpha value is -2.91. The number of rotatable bonds is 5. The molecule has 1 aromatic carbocycles. The molecule has 3 aromatic rings. The van der Waals surface area contributed by atoms with Crippen LogP contribution < -0.4 is 16.3 Å². The number of carbonyl (C=O) groups excluding carboxylic acids is 1. The lowest BCUT2D eigenvalue weighted by Crippen LogP contribution is -2.43. The largest absolute Gasteiger partial charge is 0.349 e. The highest BCUT2D eigenvalue weighted by molar-refractivity contribution is 6.33. The molecule has 9 nitrogen and oxygen atoms in total. The first-order valence-corrected chi connectivity index (χ1v) is 12.3. The van der Waals surface area contributed by atoms with Gasteiger partial charge in [-0.2, -0.15) is 4.98 Å². The Morgan fingerprint density at radius 3 is 2.56 bits per heavy atom. The molecule has 3 heterocycles. The fourth-order valence-electron chi connectivity index (χ4n) is 4.99. The van der Waals surface area contributed by atoms with Gasteiger partial charge in [0, 0.05) is 24.7 Å². The van der Waals surface area contributed by atoms with Crippen LogP contribution in [-0.4, -0.2) is 56.1 Å². The SMILES string of the molecule is CN1CCC(NC(=O)c2ccc(Nc3ncc4c(n3)n(C3CCCC3)c(=O)n4C)c(Cl)c2)CC1. The summed E-state index contributed by atoms with van der Waals surface area (Å²) in [6.45, 7) is 1.96. The number of benzene rings is 1. The van der Waals surface area contributed by atoms with Crippen LogP contribution in [-0.2, 0) is 7.05 Å². The number of nitrogens with one attached hydrogen (secondary N) is 2. The standard InChI is InChI=1S/C24H30ClN7O2/c1-30-11-9-16(10-12-30)27-22(33)15-7-8-19(18(25)13-15)28-23-26-14-20-21(29-23)32(24(34)31(20)2)17-5-3-4-6-17/h7-8,13-14,16-17H,3-6,9-12H2,1-2H3,(H,27,33)(H,26,28,29). The molecule has 34 heavy (non-hydrogen) atoms. The van der Waals surface area contributed by atoms with E-state index >= 15 is 0 Å². The van der Waals surface area contributed by atoms with E-state index in [0.717, 1.165) is 51.6 Å². The number of piperidine rings is 1. The maximum atomic E-state index is 12.8. The molecule has 1 saturated carbocycles. The molecule has 0 radical (unpaired) electrons. The minimum atomic E-state index is -0.120. The number of aromatic nitrogens is 4. The van der Waals surface area contributed by atoms with Crippen molar-refractivity contribution in [1.82, 2.24) is 29.3 Å². The predicted molar refractivity (Wildman–Crippen MR) is 133 cm³/mol. The van der Waals surface area contributed by atoms with E-state index in [0.29, 0.717) is 33.4 Å². The molecule has 10 heteroatoms. The Morgan fingerprint density at radius 1 is 1.12 bits per heavy atom. The fraction of sp³-hybridized carbons (Fsp3) is 0.500. The highest BCUT2D eigenvalue weighted by atomic mass is 35.5. The first-order chi connectivity index (χ1) is 16.4. The molecular formula is C24H30ClN7O2. The van der Waals surface area contributed by atoms with Crippen molar-refractivity contribution in [2.45, 2.75) is 50.6 Å². The van der Waals surface area contributed by atoms with Crippen molar-refractivity contribution in [3.63, 3.8) is 0 Å². The number of aryl methyl sites for hydroxylation is 1. The summed E-state index contributed by atoms with van der Waals surface area (Å²) >= 11 is 6.50. The smallest absolute Gasteiger partial charge is 0.330 e. The van der Waals surface area contributed by atoms with Gasteiger partial charge in [0.05, 0.1) is 16.9 Å². The molecule has 180 valence electrons. The van der Waals surface area contributed by atoms with Gasteiger partial charge in [-0.1, -0.05) is 24.4 Å². The summed E-state index contributed by atoms with van der Waals surface area (Å²) in [5.74, 6) is 0.237. The van der Waals surface area contributed by atoms with Crippen LogP contribution in [0.25, 0.3) is 11.2 Å². The van der Waals surface area contributed by atoms with Crippen molar-refractivity contribution < 1.29 is 4.79 Å². The lowest BCUT2D eigenvalue weighted by atomic mass is 10.0. The zero-order valence-corrected chi connectivity index (χ0v) is 20.3. The maximum absolute atomic E-state index is 12.8. The molecule has 1 aliphatic carbocycles. The Balaban J connectivity index is 1.35. The summed E-state index contributed by atoms with van der Waals surface area (Å²) < 4.78 is 3.40. The average Bonchev–Trinajstić information content (AvgIpc) is 3.43. The van der Waals surface area contributed by atoms with Gasteiger partial charge in [0.15, 0.2) is 5.65 Å². The van der Waals surface area contributed by atoms with E-state index in [1.54, 1.807) is 40.6 Å². The monoisotopic (exact) mass is 483 g/mol. The molecular weight excluding hydrogens is 454 g/mol. The summed E-state index contributed by atoms with van der Waals surface area (Å²) in [4.78, 5) is 36.8. The Kier molecular flexibility index (Phi) is 6.31. The number of fused-ring (bicyclic) bond motifs is 1. The molecule has 2 aliphatic rings. The number of halogens is 1. The summed E-state index contributed by atoms with van der Waals surface area (Å²) in [6, 6.07) is 5.51. The van der Waals surface area contributed by atoms with E-state index in [4.69, 9.17) is 11.6 Å². The van der Waals surface area contributed by atoms with Gasteiger partial charge >= 0.3 is 5.69 Å². The second-order valence-electron chi connectivity index (χ2n) is 9.42. The van der Waals surface area contributed by atoms with Gasteiger partial charge in [-0.3, -0.25) is 13.9 Å². The highest BCUT2D eigenvalue weighted by Crippen LogP contribution is 2.31. The second-order valence-corrected chi connectivity index (χ2v) is 9.83. The minimum absolute atomic E-state index is 0.0636. The third-order valence-corrected chi connectivity index (χ3v) is 7.37. The van der Waals surface area contributed by atoms with Crippen LogP contribution in [0.4, 0.5) is 11.6 Å². The maximum Gasteiger partial charge on any atom is 0.330 e. The van der Waals surface area contributed by atoms with Gasteiger partial charge in [0.2, 0.25) is 5.95 Å². The molecule has 2 fully saturated rings. The van der Waals surface area contributed by atoms with Crippen molar-refractivity contribution in [3.05, 3.63) is 45.5 Å². The van der Waals surface area contributed by atoms with Gasteiger partial charge in [-0.25, -0.2) is 9.78 Å². The molecule has 0 atom stereocenters. The van der Waals surface area contributed by atoms with Crippen LogP contribution in [0.15, 0.2) is 29.2 Å². The topological polar surface area (TPSA) is 97.1 Å². The lowest BCUT2D eigenvalue weighted by Gasteiger charge is -2.29. The third-order valence-electron chi connectivity index (χ3n) is 7.05. The number of likely N-dealkylation sites (tertiary alicyclic amines) is 1. The molecule has 0 unspecified atom stereocenters. The van der Waals surface area contributed by atoms with Gasteiger partial charge in [0.1, 0.15) is 5.52 Å². The predicted octanol–water partition coefficient (Wildman–Crippen LogP) is 3.47.